The summed E-state index contributed by atoms with van der Waals surface area (Å²) in [6.07, 6.45) is 4.75. The third-order valence-electron chi connectivity index (χ3n) is 3.79. The molecule has 0 bridgehead atoms. The van der Waals surface area contributed by atoms with E-state index in [1.54, 1.807) is 18.2 Å². The summed E-state index contributed by atoms with van der Waals surface area (Å²) in [4.78, 5) is 23.0. The smallest absolute Gasteiger partial charge is 0.310 e. The Balaban J connectivity index is 1.66. The molecule has 0 aromatic heterocycles. The van der Waals surface area contributed by atoms with Gasteiger partial charge in [-0.2, -0.15) is 0 Å². The molecule has 104 valence electrons. The van der Waals surface area contributed by atoms with Crippen LogP contribution in [0.25, 0.3) is 0 Å². The Morgan fingerprint density at radius 1 is 1.30 bits per heavy atom. The van der Waals surface area contributed by atoms with Crippen molar-refractivity contribution >= 4 is 17.6 Å². The first-order valence-electron chi connectivity index (χ1n) is 6.72. The summed E-state index contributed by atoms with van der Waals surface area (Å²) in [7, 11) is 0. The highest BCUT2D eigenvalue weighted by Gasteiger charge is 2.25. The van der Waals surface area contributed by atoms with Crippen molar-refractivity contribution in [2.45, 2.75) is 18.9 Å². The molecular weight excluding hydrogens is 256 g/mol. The van der Waals surface area contributed by atoms with Crippen molar-refractivity contribution in [3.05, 3.63) is 41.5 Å². The van der Waals surface area contributed by atoms with Crippen molar-refractivity contribution < 1.29 is 14.7 Å². The van der Waals surface area contributed by atoms with Crippen LogP contribution in [0.3, 0.4) is 0 Å². The van der Waals surface area contributed by atoms with Crippen molar-refractivity contribution in [1.29, 1.82) is 0 Å². The van der Waals surface area contributed by atoms with Crippen molar-refractivity contribution in [2.24, 2.45) is 5.92 Å². The molecule has 2 unspecified atom stereocenters. The molecule has 2 atom stereocenters. The zero-order chi connectivity index (χ0) is 14.1. The lowest BCUT2D eigenvalue weighted by atomic mass is 10.1. The Morgan fingerprint density at radius 3 is 2.90 bits per heavy atom. The predicted molar refractivity (Wildman–Crippen MR) is 74.8 cm³/mol. The topological polar surface area (TPSA) is 78.4 Å². The van der Waals surface area contributed by atoms with Gasteiger partial charge in [-0.25, -0.2) is 0 Å². The molecule has 1 aliphatic heterocycles. The van der Waals surface area contributed by atoms with E-state index in [-0.39, 0.29) is 11.9 Å². The Bertz CT molecular complexity index is 595. The fourth-order valence-corrected chi connectivity index (χ4v) is 2.69. The van der Waals surface area contributed by atoms with E-state index in [2.05, 4.69) is 10.6 Å². The van der Waals surface area contributed by atoms with Gasteiger partial charge in [0.1, 0.15) is 0 Å². The largest absolute Gasteiger partial charge is 0.481 e. The SMILES string of the molecule is O=C(NC1C=CC(C(=O)O)C1)c1ccc2c(c1)CCN2. The van der Waals surface area contributed by atoms with E-state index >= 15 is 0 Å². The summed E-state index contributed by atoms with van der Waals surface area (Å²) in [5.74, 6) is -1.49. The zero-order valence-corrected chi connectivity index (χ0v) is 10.9. The molecule has 0 spiro atoms. The maximum absolute atomic E-state index is 12.2. The second kappa shape index (κ2) is 5.00. The molecule has 3 rings (SSSR count). The third-order valence-corrected chi connectivity index (χ3v) is 3.79. The normalized spacial score (nSPS) is 23.2. The average molecular weight is 272 g/mol. The number of benzene rings is 1. The van der Waals surface area contributed by atoms with E-state index in [1.165, 1.54) is 0 Å². The molecule has 5 heteroatoms. The van der Waals surface area contributed by atoms with E-state index in [1.807, 2.05) is 12.1 Å². The summed E-state index contributed by atoms with van der Waals surface area (Å²) in [5.41, 5.74) is 2.87. The Hall–Kier alpha value is -2.30. The number of amides is 1. The maximum Gasteiger partial charge on any atom is 0.310 e. The van der Waals surface area contributed by atoms with E-state index < -0.39 is 11.9 Å². The zero-order valence-electron chi connectivity index (χ0n) is 10.9. The minimum absolute atomic E-state index is 0.152. The molecule has 1 heterocycles. The first-order valence-corrected chi connectivity index (χ1v) is 6.72. The molecule has 5 nitrogen and oxygen atoms in total. The van der Waals surface area contributed by atoms with Gasteiger partial charge in [0.15, 0.2) is 0 Å². The van der Waals surface area contributed by atoms with Crippen LogP contribution in [0.2, 0.25) is 0 Å². The molecule has 0 radical (unpaired) electrons. The molecule has 1 amide bonds. The van der Waals surface area contributed by atoms with Gasteiger partial charge >= 0.3 is 5.97 Å². The number of anilines is 1. The van der Waals surface area contributed by atoms with E-state index in [9.17, 15) is 9.59 Å². The number of carbonyl (C=O) groups excluding carboxylic acids is 1. The fraction of sp³-hybridized carbons (Fsp3) is 0.333. The van der Waals surface area contributed by atoms with Crippen LogP contribution in [0.15, 0.2) is 30.4 Å². The number of carbonyl (C=O) groups is 2. The Kier molecular flexibility index (Phi) is 3.18. The van der Waals surface area contributed by atoms with Crippen LogP contribution < -0.4 is 10.6 Å². The number of hydrogen-bond acceptors (Lipinski definition) is 3. The number of nitrogens with one attached hydrogen (secondary N) is 2. The van der Waals surface area contributed by atoms with Crippen LogP contribution in [0.4, 0.5) is 5.69 Å². The van der Waals surface area contributed by atoms with Crippen LogP contribution in [0, 0.1) is 5.92 Å². The number of rotatable bonds is 3. The summed E-state index contributed by atoms with van der Waals surface area (Å²) in [6.45, 7) is 0.909. The molecule has 0 fully saturated rings. The first-order chi connectivity index (χ1) is 9.63. The lowest BCUT2D eigenvalue weighted by Gasteiger charge is -2.12. The van der Waals surface area contributed by atoms with Gasteiger partial charge in [0.25, 0.3) is 5.91 Å². The number of aliphatic carboxylic acids is 1. The van der Waals surface area contributed by atoms with Gasteiger partial charge in [0.05, 0.1) is 5.92 Å². The summed E-state index contributed by atoms with van der Waals surface area (Å²) >= 11 is 0. The van der Waals surface area contributed by atoms with Crippen LogP contribution in [-0.4, -0.2) is 29.6 Å². The van der Waals surface area contributed by atoms with Crippen molar-refractivity contribution in [1.82, 2.24) is 5.32 Å². The predicted octanol–water partition coefficient (Wildman–Crippen LogP) is 1.41. The lowest BCUT2D eigenvalue weighted by Crippen LogP contribution is -2.33. The number of fused-ring (bicyclic) bond motifs is 1. The lowest BCUT2D eigenvalue weighted by molar-refractivity contribution is -0.140. The average Bonchev–Trinajstić information content (AvgIpc) is 3.05. The quantitative estimate of drug-likeness (QED) is 0.727. The van der Waals surface area contributed by atoms with Crippen molar-refractivity contribution in [3.63, 3.8) is 0 Å². The second-order valence-electron chi connectivity index (χ2n) is 5.19. The van der Waals surface area contributed by atoms with Gasteiger partial charge in [0.2, 0.25) is 0 Å². The highest BCUT2D eigenvalue weighted by atomic mass is 16.4. The van der Waals surface area contributed by atoms with Crippen LogP contribution in [0.5, 0.6) is 0 Å². The molecule has 3 N–H and O–H groups in total. The van der Waals surface area contributed by atoms with Crippen LogP contribution in [-0.2, 0) is 11.2 Å². The van der Waals surface area contributed by atoms with E-state index in [4.69, 9.17) is 5.11 Å². The van der Waals surface area contributed by atoms with Crippen LogP contribution >= 0.6 is 0 Å². The van der Waals surface area contributed by atoms with Gasteiger partial charge in [-0.3, -0.25) is 9.59 Å². The number of carboxylic acid groups (broad SMARTS) is 1. The Morgan fingerprint density at radius 2 is 2.15 bits per heavy atom. The number of carboxylic acids is 1. The molecule has 20 heavy (non-hydrogen) atoms. The van der Waals surface area contributed by atoms with Gasteiger partial charge in [-0.05, 0) is 36.6 Å². The summed E-state index contributed by atoms with van der Waals surface area (Å²) in [6, 6.07) is 5.41. The molecule has 1 aliphatic carbocycles. The molecule has 2 aliphatic rings. The fourth-order valence-electron chi connectivity index (χ4n) is 2.69. The second-order valence-corrected chi connectivity index (χ2v) is 5.19. The van der Waals surface area contributed by atoms with Crippen LogP contribution in [0.1, 0.15) is 22.3 Å². The molecule has 1 aromatic carbocycles. The van der Waals surface area contributed by atoms with Crippen molar-refractivity contribution in [2.75, 3.05) is 11.9 Å². The Labute approximate surface area is 116 Å². The van der Waals surface area contributed by atoms with Crippen molar-refractivity contribution in [3.8, 4) is 0 Å². The highest BCUT2D eigenvalue weighted by Crippen LogP contribution is 2.23. The first kappa shape index (κ1) is 12.7. The van der Waals surface area contributed by atoms with E-state index in [0.717, 1.165) is 24.2 Å². The molecule has 1 aromatic rings. The van der Waals surface area contributed by atoms with Gasteiger partial charge in [-0.1, -0.05) is 12.2 Å². The summed E-state index contributed by atoms with van der Waals surface area (Å²) in [5, 5.41) is 15.0. The highest BCUT2D eigenvalue weighted by molar-refractivity contribution is 5.95. The minimum atomic E-state index is -0.846. The molecule has 0 saturated heterocycles. The molecular formula is C15H16N2O3. The van der Waals surface area contributed by atoms with Gasteiger partial charge in [-0.15, -0.1) is 0 Å². The standard InChI is InChI=1S/C15H16N2O3/c18-14(17-12-3-1-11(8-12)15(19)20)10-2-4-13-9(7-10)5-6-16-13/h1-4,7,11-12,16H,5-6,8H2,(H,17,18)(H,19,20). The maximum atomic E-state index is 12.2. The van der Waals surface area contributed by atoms with E-state index in [0.29, 0.717) is 12.0 Å². The molecule has 0 saturated carbocycles. The number of hydrogen-bond donors (Lipinski definition) is 3. The third kappa shape index (κ3) is 2.39. The summed E-state index contributed by atoms with van der Waals surface area (Å²) < 4.78 is 0. The monoisotopic (exact) mass is 272 g/mol. The van der Waals surface area contributed by atoms with Gasteiger partial charge < -0.3 is 15.7 Å². The van der Waals surface area contributed by atoms with Gasteiger partial charge in [0, 0.05) is 23.8 Å². The minimum Gasteiger partial charge on any atom is -0.481 e.